The van der Waals surface area contributed by atoms with E-state index in [0.29, 0.717) is 26.2 Å². The van der Waals surface area contributed by atoms with Gasteiger partial charge in [-0.2, -0.15) is 0 Å². The predicted octanol–water partition coefficient (Wildman–Crippen LogP) is 2.05. The SMILES string of the molecule is CC(C)C(=O)N1CCCCC1COCCC(C)C(=O)N1CCCC(O)C1. The normalized spacial score (nSPS) is 25.4. The number of likely N-dealkylation sites (tertiary alicyclic amines) is 2. The van der Waals surface area contributed by atoms with E-state index >= 15 is 0 Å². The van der Waals surface area contributed by atoms with Crippen molar-refractivity contribution < 1.29 is 19.4 Å². The molecule has 2 rings (SSSR count). The van der Waals surface area contributed by atoms with Gasteiger partial charge in [0.25, 0.3) is 0 Å². The Balaban J connectivity index is 1.71. The number of aliphatic hydroxyl groups excluding tert-OH is 1. The first-order valence-corrected chi connectivity index (χ1v) is 10.2. The Bertz CT molecular complexity index is 469. The zero-order chi connectivity index (χ0) is 19.1. The highest BCUT2D eigenvalue weighted by Crippen LogP contribution is 2.20. The Morgan fingerprint density at radius 3 is 2.54 bits per heavy atom. The molecule has 6 nitrogen and oxygen atoms in total. The highest BCUT2D eigenvalue weighted by atomic mass is 16.5. The third kappa shape index (κ3) is 5.95. The third-order valence-electron chi connectivity index (χ3n) is 5.54. The topological polar surface area (TPSA) is 70.1 Å². The molecule has 0 saturated carbocycles. The number of carbonyl (C=O) groups is 2. The van der Waals surface area contributed by atoms with E-state index in [4.69, 9.17) is 4.74 Å². The Labute approximate surface area is 157 Å². The smallest absolute Gasteiger partial charge is 0.225 e. The fourth-order valence-corrected chi connectivity index (χ4v) is 3.87. The van der Waals surface area contributed by atoms with Crippen molar-refractivity contribution in [3.8, 4) is 0 Å². The molecule has 0 aromatic heterocycles. The van der Waals surface area contributed by atoms with Crippen LogP contribution in [0.4, 0.5) is 0 Å². The molecule has 26 heavy (non-hydrogen) atoms. The molecule has 3 atom stereocenters. The van der Waals surface area contributed by atoms with Crippen molar-refractivity contribution in [1.29, 1.82) is 0 Å². The molecule has 0 aromatic carbocycles. The van der Waals surface area contributed by atoms with Gasteiger partial charge >= 0.3 is 0 Å². The summed E-state index contributed by atoms with van der Waals surface area (Å²) in [6.45, 7) is 8.94. The second kappa shape index (κ2) is 10.3. The van der Waals surface area contributed by atoms with Crippen LogP contribution < -0.4 is 0 Å². The summed E-state index contributed by atoms with van der Waals surface area (Å²) in [5, 5.41) is 9.73. The van der Waals surface area contributed by atoms with Crippen molar-refractivity contribution in [3.05, 3.63) is 0 Å². The second-order valence-corrected chi connectivity index (χ2v) is 8.18. The summed E-state index contributed by atoms with van der Waals surface area (Å²) in [6.07, 6.45) is 5.16. The van der Waals surface area contributed by atoms with Gasteiger partial charge in [-0.25, -0.2) is 0 Å². The lowest BCUT2D eigenvalue weighted by atomic mass is 10.0. The van der Waals surface area contributed by atoms with E-state index in [9.17, 15) is 14.7 Å². The summed E-state index contributed by atoms with van der Waals surface area (Å²) >= 11 is 0. The Morgan fingerprint density at radius 1 is 1.08 bits per heavy atom. The first-order chi connectivity index (χ1) is 12.4. The van der Waals surface area contributed by atoms with Gasteiger partial charge in [0.1, 0.15) is 0 Å². The molecule has 2 fully saturated rings. The minimum absolute atomic E-state index is 0.0214. The average Bonchev–Trinajstić information content (AvgIpc) is 2.64. The lowest BCUT2D eigenvalue weighted by Gasteiger charge is -2.36. The van der Waals surface area contributed by atoms with Gasteiger partial charge in [-0.05, 0) is 38.5 Å². The summed E-state index contributed by atoms with van der Waals surface area (Å²) in [4.78, 5) is 28.6. The third-order valence-corrected chi connectivity index (χ3v) is 5.54. The van der Waals surface area contributed by atoms with E-state index in [-0.39, 0.29) is 35.8 Å². The maximum atomic E-state index is 12.5. The summed E-state index contributed by atoms with van der Waals surface area (Å²) in [5.74, 6) is 0.250. The molecule has 150 valence electrons. The van der Waals surface area contributed by atoms with Crippen LogP contribution in [0.3, 0.4) is 0 Å². The summed E-state index contributed by atoms with van der Waals surface area (Å²) < 4.78 is 5.85. The number of nitrogens with zero attached hydrogens (tertiary/aromatic N) is 2. The van der Waals surface area contributed by atoms with Crippen LogP contribution in [0.1, 0.15) is 59.3 Å². The van der Waals surface area contributed by atoms with E-state index in [1.54, 1.807) is 4.90 Å². The fourth-order valence-electron chi connectivity index (χ4n) is 3.87. The molecular formula is C20H36N2O4. The van der Waals surface area contributed by atoms with Gasteiger partial charge in [0.05, 0.1) is 18.8 Å². The highest BCUT2D eigenvalue weighted by Gasteiger charge is 2.29. The Hall–Kier alpha value is -1.14. The minimum atomic E-state index is -0.382. The molecular weight excluding hydrogens is 332 g/mol. The van der Waals surface area contributed by atoms with Gasteiger partial charge in [0.2, 0.25) is 11.8 Å². The summed E-state index contributed by atoms with van der Waals surface area (Å²) in [7, 11) is 0. The van der Waals surface area contributed by atoms with Gasteiger partial charge in [-0.1, -0.05) is 20.8 Å². The number of hydrogen-bond donors (Lipinski definition) is 1. The maximum Gasteiger partial charge on any atom is 0.225 e. The van der Waals surface area contributed by atoms with Gasteiger partial charge < -0.3 is 19.6 Å². The zero-order valence-electron chi connectivity index (χ0n) is 16.7. The van der Waals surface area contributed by atoms with Crippen LogP contribution in [-0.2, 0) is 14.3 Å². The molecule has 2 aliphatic rings. The van der Waals surface area contributed by atoms with Crippen molar-refractivity contribution in [2.75, 3.05) is 32.8 Å². The molecule has 0 spiro atoms. The minimum Gasteiger partial charge on any atom is -0.391 e. The molecule has 2 amide bonds. The number of β-amino-alcohol motifs (C(OH)–C–C–N with tert-alkyl or cyclic N) is 1. The lowest BCUT2D eigenvalue weighted by molar-refractivity contribution is -0.140. The van der Waals surface area contributed by atoms with Crippen LogP contribution in [0.2, 0.25) is 0 Å². The van der Waals surface area contributed by atoms with Crippen LogP contribution in [0.25, 0.3) is 0 Å². The van der Waals surface area contributed by atoms with Crippen molar-refractivity contribution in [2.45, 2.75) is 71.4 Å². The van der Waals surface area contributed by atoms with Crippen molar-refractivity contribution in [3.63, 3.8) is 0 Å². The fraction of sp³-hybridized carbons (Fsp3) is 0.900. The molecule has 0 bridgehead atoms. The highest BCUT2D eigenvalue weighted by molar-refractivity contribution is 5.79. The van der Waals surface area contributed by atoms with Crippen molar-refractivity contribution in [1.82, 2.24) is 9.80 Å². The first kappa shape index (κ1) is 21.2. The van der Waals surface area contributed by atoms with Gasteiger partial charge in [0.15, 0.2) is 0 Å². The zero-order valence-corrected chi connectivity index (χ0v) is 16.7. The van der Waals surface area contributed by atoms with Crippen LogP contribution in [-0.4, -0.2) is 71.7 Å². The van der Waals surface area contributed by atoms with Crippen LogP contribution in [0, 0.1) is 11.8 Å². The van der Waals surface area contributed by atoms with Crippen molar-refractivity contribution >= 4 is 11.8 Å². The number of amides is 2. The summed E-state index contributed by atoms with van der Waals surface area (Å²) in [5.41, 5.74) is 0. The maximum absolute atomic E-state index is 12.5. The number of carbonyl (C=O) groups excluding carboxylic acids is 2. The van der Waals surface area contributed by atoms with Crippen LogP contribution in [0.5, 0.6) is 0 Å². The number of piperidine rings is 2. The lowest BCUT2D eigenvalue weighted by Crippen LogP contribution is -2.47. The molecule has 0 aromatic rings. The number of ether oxygens (including phenoxy) is 1. The van der Waals surface area contributed by atoms with E-state index < -0.39 is 0 Å². The molecule has 0 radical (unpaired) electrons. The molecule has 3 unspecified atom stereocenters. The average molecular weight is 369 g/mol. The molecule has 2 heterocycles. The van der Waals surface area contributed by atoms with Gasteiger partial charge in [-0.15, -0.1) is 0 Å². The van der Waals surface area contributed by atoms with Crippen molar-refractivity contribution in [2.24, 2.45) is 11.8 Å². The van der Waals surface area contributed by atoms with E-state index in [1.165, 1.54) is 0 Å². The van der Waals surface area contributed by atoms with E-state index in [1.807, 2.05) is 25.7 Å². The molecule has 0 aliphatic carbocycles. The largest absolute Gasteiger partial charge is 0.391 e. The van der Waals surface area contributed by atoms with Gasteiger partial charge in [0, 0.05) is 38.1 Å². The molecule has 2 saturated heterocycles. The Morgan fingerprint density at radius 2 is 1.85 bits per heavy atom. The van der Waals surface area contributed by atoms with Gasteiger partial charge in [-0.3, -0.25) is 9.59 Å². The molecule has 2 aliphatic heterocycles. The number of aliphatic hydroxyl groups is 1. The molecule has 6 heteroatoms. The van der Waals surface area contributed by atoms with E-state index in [2.05, 4.69) is 0 Å². The Kier molecular flexibility index (Phi) is 8.35. The molecule has 1 N–H and O–H groups in total. The number of rotatable bonds is 7. The standard InChI is InChI=1S/C20H36N2O4/c1-15(2)19(24)22-11-5-4-7-17(22)14-26-12-9-16(3)20(25)21-10-6-8-18(23)13-21/h15-18,23H,4-14H2,1-3H3. The predicted molar refractivity (Wildman–Crippen MR) is 101 cm³/mol. The van der Waals surface area contributed by atoms with Crippen LogP contribution >= 0.6 is 0 Å². The second-order valence-electron chi connectivity index (χ2n) is 8.18. The van der Waals surface area contributed by atoms with E-state index in [0.717, 1.165) is 45.2 Å². The first-order valence-electron chi connectivity index (χ1n) is 10.2. The monoisotopic (exact) mass is 368 g/mol. The number of hydrogen-bond acceptors (Lipinski definition) is 4. The summed E-state index contributed by atoms with van der Waals surface area (Å²) in [6, 6.07) is 0.168. The van der Waals surface area contributed by atoms with Crippen LogP contribution in [0.15, 0.2) is 0 Å². The quantitative estimate of drug-likeness (QED) is 0.698.